The molecule has 2 N–H and O–H groups in total. The summed E-state index contributed by atoms with van der Waals surface area (Å²) < 4.78 is 54.6. The molecule has 6 rings (SSSR count). The fourth-order valence-electron chi connectivity index (χ4n) is 9.47. The van der Waals surface area contributed by atoms with Crippen LogP contribution in [0.3, 0.4) is 0 Å². The summed E-state index contributed by atoms with van der Waals surface area (Å²) in [6.07, 6.45) is 1.87. The molecule has 4 amide bonds. The Morgan fingerprint density at radius 2 is 1.31 bits per heavy atom. The van der Waals surface area contributed by atoms with E-state index in [9.17, 15) is 27.2 Å². The maximum Gasteiger partial charge on any atom is 0.416 e. The zero-order chi connectivity index (χ0) is 44.4. The van der Waals surface area contributed by atoms with Gasteiger partial charge >= 0.3 is 18.2 Å². The molecular formula is C50H64F4N6O2. The van der Waals surface area contributed by atoms with Crippen LogP contribution in [-0.2, 0) is 19.3 Å². The first-order chi connectivity index (χ1) is 29.7. The van der Waals surface area contributed by atoms with Gasteiger partial charge in [-0.15, -0.1) is 0 Å². The average molecular weight is 857 g/mol. The van der Waals surface area contributed by atoms with Gasteiger partial charge in [-0.25, -0.2) is 14.0 Å². The molecule has 62 heavy (non-hydrogen) atoms. The number of piperidine rings is 2. The lowest BCUT2D eigenvalue weighted by Crippen LogP contribution is -2.55. The Balaban J connectivity index is 1.10. The molecule has 2 fully saturated rings. The van der Waals surface area contributed by atoms with Crippen LogP contribution in [0.15, 0.2) is 103 Å². The van der Waals surface area contributed by atoms with Gasteiger partial charge in [-0.05, 0) is 125 Å². The highest BCUT2D eigenvalue weighted by Crippen LogP contribution is 2.33. The van der Waals surface area contributed by atoms with Crippen LogP contribution in [0, 0.1) is 5.82 Å². The van der Waals surface area contributed by atoms with E-state index < -0.39 is 23.6 Å². The van der Waals surface area contributed by atoms with Crippen LogP contribution in [0.1, 0.15) is 108 Å². The molecule has 2 aliphatic heterocycles. The van der Waals surface area contributed by atoms with E-state index in [1.807, 2.05) is 35.2 Å². The smallest absolute Gasteiger partial charge is 0.317 e. The Kier molecular flexibility index (Phi) is 16.1. The van der Waals surface area contributed by atoms with E-state index in [0.717, 1.165) is 87.8 Å². The first-order valence-electron chi connectivity index (χ1n) is 22.4. The van der Waals surface area contributed by atoms with Crippen molar-refractivity contribution in [1.29, 1.82) is 0 Å². The maximum absolute atomic E-state index is 14.1. The first kappa shape index (κ1) is 46.6. The molecule has 0 radical (unpaired) electrons. The molecule has 2 heterocycles. The van der Waals surface area contributed by atoms with Crippen molar-refractivity contribution in [2.75, 3.05) is 30.3 Å². The normalized spacial score (nSPS) is 20.0. The largest absolute Gasteiger partial charge is 0.416 e. The predicted molar refractivity (Wildman–Crippen MR) is 241 cm³/mol. The quantitative estimate of drug-likeness (QED) is 0.117. The van der Waals surface area contributed by atoms with Crippen molar-refractivity contribution in [3.8, 4) is 0 Å². The van der Waals surface area contributed by atoms with Gasteiger partial charge in [0.1, 0.15) is 5.82 Å². The van der Waals surface area contributed by atoms with Crippen LogP contribution in [0.25, 0.3) is 0 Å². The number of carbonyl (C=O) groups excluding carboxylic acids is 2. The lowest BCUT2D eigenvalue weighted by molar-refractivity contribution is -0.137. The molecular weight excluding hydrogens is 793 g/mol. The van der Waals surface area contributed by atoms with E-state index in [1.54, 1.807) is 17.0 Å². The average Bonchev–Trinajstić information content (AvgIpc) is 3.24. The number of nitrogens with one attached hydrogen (secondary N) is 2. The Labute approximate surface area is 365 Å². The summed E-state index contributed by atoms with van der Waals surface area (Å²) in [6, 6.07) is 29.1. The molecule has 334 valence electrons. The minimum atomic E-state index is -4.52. The van der Waals surface area contributed by atoms with Gasteiger partial charge in [0, 0.05) is 67.8 Å². The zero-order valence-electron chi connectivity index (χ0n) is 36.9. The Morgan fingerprint density at radius 3 is 1.94 bits per heavy atom. The van der Waals surface area contributed by atoms with Crippen molar-refractivity contribution in [3.05, 3.63) is 131 Å². The van der Waals surface area contributed by atoms with Gasteiger partial charge in [0.15, 0.2) is 0 Å². The molecule has 0 bridgehead atoms. The minimum absolute atomic E-state index is 0.0518. The number of carbonyl (C=O) groups is 2. The number of hydrogen-bond donors (Lipinski definition) is 2. The highest BCUT2D eigenvalue weighted by atomic mass is 19.4. The number of anilines is 2. The molecule has 0 spiro atoms. The Morgan fingerprint density at radius 1 is 0.726 bits per heavy atom. The molecule has 8 nitrogen and oxygen atoms in total. The molecule has 0 aromatic heterocycles. The van der Waals surface area contributed by atoms with Crippen molar-refractivity contribution in [3.63, 3.8) is 0 Å². The van der Waals surface area contributed by atoms with E-state index in [-0.39, 0.29) is 41.8 Å². The number of likely N-dealkylation sites (tertiary alicyclic amines) is 2. The minimum Gasteiger partial charge on any atom is -0.317 e. The summed E-state index contributed by atoms with van der Waals surface area (Å²) in [6.45, 7) is 14.6. The standard InChI is InChI=1S/C50H64F4N6O2/c1-6-13-36(3)57-25-23-46(24-26-57)59(48(61)56-45-21-12-19-43(51)32-45)34-40-16-10-17-41(30-40)35(2)22-27-58-37(4)28-47(29-38(58)5)60(33-39-14-8-7-9-15-39)49(62)55-44-20-11-18-42(31-44)50(52,53)54/h7-12,14-21,30-32,35-38,46-47H,6,13,22-29,33-34H2,1-5H3,(H,55,62)(H,56,61). The number of hydrogen-bond acceptors (Lipinski definition) is 4. The SMILES string of the molecule is CCCC(C)N1CCC(N(Cc2cccc(C(C)CCN3C(C)CC(N(Cc4ccccc4)C(=O)Nc4cccc(C(F)(F)F)c4)CC3C)c2)C(=O)Nc2cccc(F)c2)CC1. The summed E-state index contributed by atoms with van der Waals surface area (Å²) in [7, 11) is 0. The second-order valence-electron chi connectivity index (χ2n) is 17.6. The third-order valence-electron chi connectivity index (χ3n) is 13.0. The highest BCUT2D eigenvalue weighted by Gasteiger charge is 2.37. The van der Waals surface area contributed by atoms with Crippen molar-refractivity contribution in [2.45, 2.75) is 135 Å². The van der Waals surface area contributed by atoms with Crippen LogP contribution in [0.5, 0.6) is 0 Å². The van der Waals surface area contributed by atoms with Crippen molar-refractivity contribution in [1.82, 2.24) is 19.6 Å². The van der Waals surface area contributed by atoms with Gasteiger partial charge in [-0.3, -0.25) is 4.90 Å². The second kappa shape index (κ2) is 21.4. The third-order valence-corrected chi connectivity index (χ3v) is 13.0. The Bertz CT molecular complexity index is 2050. The topological polar surface area (TPSA) is 71.2 Å². The molecule has 4 unspecified atom stereocenters. The molecule has 4 aromatic carbocycles. The molecule has 0 aliphatic carbocycles. The summed E-state index contributed by atoms with van der Waals surface area (Å²) in [5.41, 5.74) is 2.94. The van der Waals surface area contributed by atoms with Crippen molar-refractivity contribution >= 4 is 23.4 Å². The first-order valence-corrected chi connectivity index (χ1v) is 22.4. The third kappa shape index (κ3) is 12.6. The number of nitrogens with zero attached hydrogens (tertiary/aromatic N) is 4. The number of alkyl halides is 3. The number of amides is 4. The van der Waals surface area contributed by atoms with Crippen LogP contribution in [0.4, 0.5) is 38.5 Å². The maximum atomic E-state index is 14.1. The molecule has 0 saturated carbocycles. The van der Waals surface area contributed by atoms with Gasteiger partial charge in [0.25, 0.3) is 0 Å². The number of benzene rings is 4. The molecule has 2 aliphatic rings. The molecule has 2 saturated heterocycles. The number of rotatable bonds is 15. The van der Waals surface area contributed by atoms with Gasteiger partial charge in [-0.2, -0.15) is 13.2 Å². The zero-order valence-corrected chi connectivity index (χ0v) is 36.9. The van der Waals surface area contributed by atoms with E-state index in [1.165, 1.54) is 29.8 Å². The van der Waals surface area contributed by atoms with Crippen LogP contribution in [-0.4, -0.2) is 81.5 Å². The van der Waals surface area contributed by atoms with E-state index >= 15 is 0 Å². The highest BCUT2D eigenvalue weighted by molar-refractivity contribution is 5.90. The lowest BCUT2D eigenvalue weighted by atomic mass is 9.89. The van der Waals surface area contributed by atoms with E-state index in [4.69, 9.17) is 0 Å². The van der Waals surface area contributed by atoms with Gasteiger partial charge in [0.05, 0.1) is 5.56 Å². The fraction of sp³-hybridized carbons (Fsp3) is 0.480. The monoisotopic (exact) mass is 857 g/mol. The summed E-state index contributed by atoms with van der Waals surface area (Å²) >= 11 is 0. The molecule has 12 heteroatoms. The second-order valence-corrected chi connectivity index (χ2v) is 17.6. The van der Waals surface area contributed by atoms with Gasteiger partial charge in [0.2, 0.25) is 0 Å². The summed E-state index contributed by atoms with van der Waals surface area (Å²) in [4.78, 5) is 36.6. The van der Waals surface area contributed by atoms with Crippen LogP contribution >= 0.6 is 0 Å². The number of urea groups is 2. The lowest BCUT2D eigenvalue weighted by Gasteiger charge is -2.46. The summed E-state index contributed by atoms with van der Waals surface area (Å²) in [5, 5.41) is 5.74. The Hall–Kier alpha value is -4.94. The molecule has 4 aromatic rings. The number of halogens is 4. The van der Waals surface area contributed by atoms with Gasteiger partial charge < -0.3 is 25.3 Å². The van der Waals surface area contributed by atoms with E-state index in [0.29, 0.717) is 24.8 Å². The van der Waals surface area contributed by atoms with Gasteiger partial charge in [-0.1, -0.05) is 87.0 Å². The van der Waals surface area contributed by atoms with Crippen LogP contribution in [0.2, 0.25) is 0 Å². The van der Waals surface area contributed by atoms with Crippen molar-refractivity contribution < 1.29 is 27.2 Å². The predicted octanol–water partition coefficient (Wildman–Crippen LogP) is 12.0. The van der Waals surface area contributed by atoms with Crippen LogP contribution < -0.4 is 10.6 Å². The fourth-order valence-corrected chi connectivity index (χ4v) is 9.47. The summed E-state index contributed by atoms with van der Waals surface area (Å²) in [5.74, 6) is -0.162. The van der Waals surface area contributed by atoms with Crippen molar-refractivity contribution in [2.24, 2.45) is 0 Å². The van der Waals surface area contributed by atoms with E-state index in [2.05, 4.69) is 79.3 Å². The molecule has 4 atom stereocenters.